The van der Waals surface area contributed by atoms with Crippen molar-refractivity contribution in [1.29, 1.82) is 0 Å². The number of phenols is 3. The monoisotopic (exact) mass is 868 g/mol. The Morgan fingerprint density at radius 3 is 2.21 bits per heavy atom. The first kappa shape index (κ1) is 49.5. The number of aldehydes is 1. The van der Waals surface area contributed by atoms with Crippen LogP contribution in [0, 0.1) is 30.6 Å². The van der Waals surface area contributed by atoms with Crippen LogP contribution in [0.15, 0.2) is 41.2 Å². The summed E-state index contributed by atoms with van der Waals surface area (Å²) in [5, 5.41) is 76.2. The highest BCUT2D eigenvalue weighted by atomic mass is 16.7. The maximum Gasteiger partial charge on any atom is 0.302 e. The molecule has 0 aromatic heterocycles. The molecule has 5 rings (SSSR count). The Hall–Kier alpha value is -5.20. The maximum absolute atomic E-state index is 13.8. The lowest BCUT2D eigenvalue weighted by atomic mass is 9.78. The molecular weight excluding hydrogens is 805 g/mol. The van der Waals surface area contributed by atoms with Gasteiger partial charge in [0, 0.05) is 101 Å². The van der Waals surface area contributed by atoms with Crippen LogP contribution in [0.1, 0.15) is 76.9 Å². The van der Waals surface area contributed by atoms with Gasteiger partial charge in [0.15, 0.2) is 12.0 Å². The van der Waals surface area contributed by atoms with Crippen LogP contribution in [-0.2, 0) is 23.8 Å². The van der Waals surface area contributed by atoms with Crippen molar-refractivity contribution in [2.75, 3.05) is 51.8 Å². The van der Waals surface area contributed by atoms with Crippen molar-refractivity contribution in [3.05, 3.63) is 52.8 Å². The number of hydrazone groups is 1. The summed E-state index contributed by atoms with van der Waals surface area (Å²) >= 11 is 0. The van der Waals surface area contributed by atoms with Gasteiger partial charge in [0.25, 0.3) is 5.91 Å². The summed E-state index contributed by atoms with van der Waals surface area (Å²) in [5.41, 5.74) is -0.556. The van der Waals surface area contributed by atoms with Crippen molar-refractivity contribution in [2.45, 2.75) is 92.5 Å². The van der Waals surface area contributed by atoms with Gasteiger partial charge in [-0.1, -0.05) is 45.9 Å². The average Bonchev–Trinajstić information content (AvgIpc) is 3.23. The number of nitrogens with one attached hydrogen (secondary N) is 1. The SMILES string of the molecule is CO[C@H]1/C=C/OC(C)(C)Oc2c(C)c(O)c3c(O)c(c(/C=N/N4CCN(CCO)CC4)c(O)c3c2C=O)NC(=O)/C(C)=C\C=C\[C@H](C)[C@H](O)[C@@H](C)[C@@H](O)[C@@H](C)[C@H](OC(C)=O)[C@@H]1C. The number of aliphatic hydroxyl groups is 3. The zero-order valence-corrected chi connectivity index (χ0v) is 37.3. The lowest BCUT2D eigenvalue weighted by Gasteiger charge is -2.38. The highest BCUT2D eigenvalue weighted by molar-refractivity contribution is 6.18. The zero-order valence-electron chi connectivity index (χ0n) is 37.3. The number of methoxy groups -OCH3 is 1. The van der Waals surface area contributed by atoms with E-state index in [4.69, 9.17) is 18.9 Å². The first-order chi connectivity index (χ1) is 29.2. The topological polar surface area (TPSA) is 240 Å². The third kappa shape index (κ3) is 11.2. The first-order valence-corrected chi connectivity index (χ1v) is 20.8. The number of carbonyl (C=O) groups is 3. The van der Waals surface area contributed by atoms with E-state index in [2.05, 4.69) is 15.3 Å². The van der Waals surface area contributed by atoms with Crippen LogP contribution in [0.2, 0.25) is 0 Å². The number of amides is 1. The molecule has 3 heterocycles. The Kier molecular flexibility index (Phi) is 17.0. The minimum atomic E-state index is -1.56. The molecule has 62 heavy (non-hydrogen) atoms. The molecule has 0 spiro atoms. The Balaban J connectivity index is 1.94. The fraction of sp³-hybridized carbons (Fsp3) is 0.556. The summed E-state index contributed by atoms with van der Waals surface area (Å²) in [6, 6.07) is 0. The number of hydrogen-bond acceptors (Lipinski definition) is 16. The van der Waals surface area contributed by atoms with E-state index < -0.39 is 83.0 Å². The van der Waals surface area contributed by atoms with Crippen LogP contribution in [0.5, 0.6) is 23.0 Å². The van der Waals surface area contributed by atoms with Gasteiger partial charge in [0.2, 0.25) is 5.79 Å². The minimum absolute atomic E-state index is 0.00632. The molecule has 2 aromatic rings. The normalized spacial score (nSPS) is 29.0. The van der Waals surface area contributed by atoms with Gasteiger partial charge in [-0.25, -0.2) is 0 Å². The van der Waals surface area contributed by atoms with E-state index in [0.29, 0.717) is 39.0 Å². The predicted octanol–water partition coefficient (Wildman–Crippen LogP) is 4.33. The van der Waals surface area contributed by atoms with E-state index in [-0.39, 0.29) is 51.1 Å². The summed E-state index contributed by atoms with van der Waals surface area (Å²) in [4.78, 5) is 41.2. The molecule has 0 radical (unpaired) electrons. The largest absolute Gasteiger partial charge is 0.507 e. The number of β-amino-alcohol motifs (C(OH)–C–C–N with tert-alkyl or cyclic N) is 1. The Morgan fingerprint density at radius 1 is 0.952 bits per heavy atom. The third-order valence-electron chi connectivity index (χ3n) is 11.8. The smallest absolute Gasteiger partial charge is 0.302 e. The van der Waals surface area contributed by atoms with E-state index in [1.54, 1.807) is 50.9 Å². The van der Waals surface area contributed by atoms with Crippen LogP contribution in [0.3, 0.4) is 0 Å². The molecule has 17 heteroatoms. The van der Waals surface area contributed by atoms with Crippen molar-refractivity contribution in [3.63, 3.8) is 0 Å². The highest BCUT2D eigenvalue weighted by Crippen LogP contribution is 2.52. The molecule has 17 nitrogen and oxygen atoms in total. The van der Waals surface area contributed by atoms with Gasteiger partial charge in [0.05, 0.1) is 59.6 Å². The Morgan fingerprint density at radius 2 is 1.61 bits per heavy atom. The van der Waals surface area contributed by atoms with E-state index in [9.17, 15) is 45.0 Å². The first-order valence-electron chi connectivity index (χ1n) is 20.8. The summed E-state index contributed by atoms with van der Waals surface area (Å²) in [5.74, 6) is -7.27. The van der Waals surface area contributed by atoms with Crippen molar-refractivity contribution >= 4 is 40.8 Å². The molecule has 1 saturated heterocycles. The van der Waals surface area contributed by atoms with E-state index in [0.717, 1.165) is 0 Å². The molecule has 1 amide bonds. The molecule has 7 N–H and O–H groups in total. The number of fused-ring (bicyclic) bond motifs is 17. The molecule has 0 aliphatic carbocycles. The number of anilines is 1. The number of nitrogens with zero attached hydrogens (tertiary/aromatic N) is 3. The van der Waals surface area contributed by atoms with Gasteiger partial charge in [0.1, 0.15) is 23.4 Å². The van der Waals surface area contributed by atoms with Gasteiger partial charge in [-0.15, -0.1) is 0 Å². The number of benzene rings is 2. The molecule has 3 aliphatic heterocycles. The van der Waals surface area contributed by atoms with Crippen molar-refractivity contribution in [3.8, 4) is 23.0 Å². The fourth-order valence-corrected chi connectivity index (χ4v) is 7.92. The number of aromatic hydroxyl groups is 3. The van der Waals surface area contributed by atoms with Gasteiger partial charge < -0.3 is 54.9 Å². The number of allylic oxidation sites excluding steroid dienone is 2. The molecule has 3 aliphatic rings. The Labute approximate surface area is 362 Å². The molecule has 8 atom stereocenters. The number of piperazine rings is 1. The van der Waals surface area contributed by atoms with Crippen molar-refractivity contribution < 1.29 is 64.0 Å². The number of carbonyl (C=O) groups excluding carboxylic acids is 3. The van der Waals surface area contributed by atoms with Crippen LogP contribution < -0.4 is 10.1 Å². The lowest BCUT2D eigenvalue weighted by molar-refractivity contribution is -0.160. The highest BCUT2D eigenvalue weighted by Gasteiger charge is 2.39. The van der Waals surface area contributed by atoms with Crippen LogP contribution in [-0.4, -0.2) is 142 Å². The quantitative estimate of drug-likeness (QED) is 0.0674. The fourth-order valence-electron chi connectivity index (χ4n) is 7.92. The van der Waals surface area contributed by atoms with Crippen LogP contribution in [0.25, 0.3) is 10.8 Å². The molecule has 0 saturated carbocycles. The van der Waals surface area contributed by atoms with Gasteiger partial charge in [-0.2, -0.15) is 5.10 Å². The van der Waals surface area contributed by atoms with E-state index in [1.807, 2.05) is 0 Å². The van der Waals surface area contributed by atoms with E-state index in [1.165, 1.54) is 60.3 Å². The molecule has 4 bridgehead atoms. The number of esters is 1. The van der Waals surface area contributed by atoms with Gasteiger partial charge in [-0.3, -0.25) is 24.3 Å². The second-order valence-electron chi connectivity index (χ2n) is 16.7. The van der Waals surface area contributed by atoms with Gasteiger partial charge in [-0.05, 0) is 19.9 Å². The minimum Gasteiger partial charge on any atom is -0.507 e. The Bertz CT molecular complexity index is 2060. The number of hydrogen-bond donors (Lipinski definition) is 7. The zero-order chi connectivity index (χ0) is 46.2. The average molecular weight is 869 g/mol. The van der Waals surface area contributed by atoms with Gasteiger partial charge >= 0.3 is 5.97 Å². The second kappa shape index (κ2) is 21.3. The number of aliphatic hydroxyl groups excluding tert-OH is 3. The summed E-state index contributed by atoms with van der Waals surface area (Å²) < 4.78 is 23.8. The van der Waals surface area contributed by atoms with E-state index >= 15 is 0 Å². The molecule has 0 unspecified atom stereocenters. The standard InChI is InChI=1S/C45H64N4O13/c1-24-12-11-13-25(2)44(58)47-36-31(22-46-49-17-15-48(16-18-49)19-20-50)40(56)34-32(23-51)43(29(6)39(55)35(34)41(36)57)62-45(8,9)60-21-14-33(59-10)26(3)42(61-30(7)52)28(5)38(54)27(4)37(24)53/h11-14,21-24,26-28,33,37-38,42,50,53-57H,15-20H2,1-10H3,(H,47,58)/b12-11+,21-14+,25-13-,46-22+/t24-,26+,27+,28+,33-,37-,38+,42+/m0/s1. The van der Waals surface area contributed by atoms with Crippen molar-refractivity contribution in [1.82, 2.24) is 9.91 Å². The molecule has 2 aromatic carbocycles. The number of rotatable bonds is 7. The summed E-state index contributed by atoms with van der Waals surface area (Å²) in [6.07, 6.45) is 5.44. The maximum atomic E-state index is 13.8. The predicted molar refractivity (Wildman–Crippen MR) is 233 cm³/mol. The summed E-state index contributed by atoms with van der Waals surface area (Å²) in [7, 11) is 1.46. The molecule has 1 fully saturated rings. The molecule has 342 valence electrons. The second-order valence-corrected chi connectivity index (χ2v) is 16.7. The molecular formula is C45H64N4O13. The number of phenolic OH excluding ortho intramolecular Hbond substituents is 3. The van der Waals surface area contributed by atoms with Crippen LogP contribution in [0.4, 0.5) is 5.69 Å². The van der Waals surface area contributed by atoms with Crippen LogP contribution >= 0.6 is 0 Å². The summed E-state index contributed by atoms with van der Waals surface area (Å²) in [6.45, 7) is 16.9. The third-order valence-corrected chi connectivity index (χ3v) is 11.8. The van der Waals surface area contributed by atoms with Crippen molar-refractivity contribution in [2.24, 2.45) is 28.8 Å². The lowest BCUT2D eigenvalue weighted by Crippen LogP contribution is -2.46. The number of ether oxygens (including phenoxy) is 4.